The fourth-order valence-corrected chi connectivity index (χ4v) is 4.70. The molecule has 0 saturated heterocycles. The number of nitrogens with zero attached hydrogens (tertiary/aromatic N) is 3. The minimum atomic E-state index is 0. The third-order valence-corrected chi connectivity index (χ3v) is 6.19. The van der Waals surface area contributed by atoms with Gasteiger partial charge in [-0.3, -0.25) is 0 Å². The third-order valence-electron chi connectivity index (χ3n) is 5.12. The minimum Gasteiger partial charge on any atom is -0.507 e. The summed E-state index contributed by atoms with van der Waals surface area (Å²) in [5.74, 6) is 1.35. The summed E-state index contributed by atoms with van der Waals surface area (Å²) in [4.78, 5) is 13.7. The molecular formula is C24H17ClN4O2S. The van der Waals surface area contributed by atoms with Crippen LogP contribution >= 0.6 is 23.7 Å². The topological polar surface area (TPSA) is 84.1 Å². The van der Waals surface area contributed by atoms with E-state index < -0.39 is 0 Å². The van der Waals surface area contributed by atoms with E-state index in [1.807, 2.05) is 67.6 Å². The van der Waals surface area contributed by atoms with Gasteiger partial charge in [0.05, 0.1) is 15.8 Å². The van der Waals surface area contributed by atoms with Crippen molar-refractivity contribution < 1.29 is 9.52 Å². The van der Waals surface area contributed by atoms with Crippen molar-refractivity contribution in [2.24, 2.45) is 0 Å². The Balaban J connectivity index is 0.00000216. The number of rotatable bonds is 3. The normalized spacial score (nSPS) is 11.2. The number of nitrogens with one attached hydrogen (secondary N) is 1. The van der Waals surface area contributed by atoms with Gasteiger partial charge in [0.2, 0.25) is 0 Å². The van der Waals surface area contributed by atoms with Crippen molar-refractivity contribution >= 4 is 67.5 Å². The number of hydrogen-bond donors (Lipinski definition) is 2. The number of phenolic OH excluding ortho intramolecular Hbond substituents is 1. The van der Waals surface area contributed by atoms with Crippen LogP contribution in [0.25, 0.3) is 42.9 Å². The summed E-state index contributed by atoms with van der Waals surface area (Å²) in [5.41, 5.74) is 4.42. The zero-order valence-electron chi connectivity index (χ0n) is 16.9. The molecule has 3 heterocycles. The van der Waals surface area contributed by atoms with Gasteiger partial charge in [-0.25, -0.2) is 15.0 Å². The van der Waals surface area contributed by atoms with Crippen LogP contribution in [0.2, 0.25) is 0 Å². The van der Waals surface area contributed by atoms with Gasteiger partial charge in [0.1, 0.15) is 27.7 Å². The van der Waals surface area contributed by atoms with Crippen LogP contribution in [-0.4, -0.2) is 20.1 Å². The Labute approximate surface area is 193 Å². The summed E-state index contributed by atoms with van der Waals surface area (Å²) in [5, 5.41) is 15.7. The Morgan fingerprint density at radius 1 is 0.938 bits per heavy atom. The van der Waals surface area contributed by atoms with Crippen LogP contribution in [0, 0.1) is 6.92 Å². The van der Waals surface area contributed by atoms with E-state index in [9.17, 15) is 5.11 Å². The second kappa shape index (κ2) is 7.78. The van der Waals surface area contributed by atoms with E-state index >= 15 is 0 Å². The molecule has 2 N–H and O–H groups in total. The number of para-hydroxylation sites is 2. The first-order valence-corrected chi connectivity index (χ1v) is 10.6. The number of aryl methyl sites for hydroxylation is 1. The molecular weight excluding hydrogens is 444 g/mol. The zero-order valence-corrected chi connectivity index (χ0v) is 18.5. The molecule has 0 atom stereocenters. The molecule has 8 heteroatoms. The number of benzene rings is 3. The van der Waals surface area contributed by atoms with Crippen LogP contribution in [0.3, 0.4) is 0 Å². The van der Waals surface area contributed by atoms with Gasteiger partial charge in [0.15, 0.2) is 11.4 Å². The molecule has 0 aliphatic rings. The molecule has 6 nitrogen and oxygen atoms in total. The van der Waals surface area contributed by atoms with Gasteiger partial charge in [-0.05, 0) is 43.3 Å². The van der Waals surface area contributed by atoms with Crippen LogP contribution in [0.4, 0.5) is 11.5 Å². The number of aromatic hydroxyl groups is 1. The Morgan fingerprint density at radius 3 is 2.59 bits per heavy atom. The highest BCUT2D eigenvalue weighted by Crippen LogP contribution is 2.38. The van der Waals surface area contributed by atoms with Crippen LogP contribution in [0.5, 0.6) is 5.75 Å². The van der Waals surface area contributed by atoms with Crippen LogP contribution in [-0.2, 0) is 0 Å². The maximum atomic E-state index is 10.7. The van der Waals surface area contributed by atoms with Crippen molar-refractivity contribution in [3.8, 4) is 16.3 Å². The van der Waals surface area contributed by atoms with Crippen molar-refractivity contribution in [2.45, 2.75) is 6.92 Å². The predicted molar refractivity (Wildman–Crippen MR) is 131 cm³/mol. The number of fused-ring (bicyclic) bond motifs is 4. The highest BCUT2D eigenvalue weighted by molar-refractivity contribution is 7.21. The number of hydrogen-bond acceptors (Lipinski definition) is 7. The van der Waals surface area contributed by atoms with Gasteiger partial charge in [0, 0.05) is 17.1 Å². The van der Waals surface area contributed by atoms with Crippen LogP contribution < -0.4 is 5.32 Å². The molecule has 158 valence electrons. The van der Waals surface area contributed by atoms with Crippen molar-refractivity contribution in [3.05, 3.63) is 72.6 Å². The highest BCUT2D eigenvalue weighted by Gasteiger charge is 2.16. The monoisotopic (exact) mass is 460 g/mol. The number of halogens is 1. The lowest BCUT2D eigenvalue weighted by atomic mass is 10.2. The van der Waals surface area contributed by atoms with E-state index in [4.69, 9.17) is 4.42 Å². The van der Waals surface area contributed by atoms with Gasteiger partial charge in [-0.15, -0.1) is 23.7 Å². The van der Waals surface area contributed by atoms with Gasteiger partial charge < -0.3 is 14.8 Å². The average molecular weight is 461 g/mol. The van der Waals surface area contributed by atoms with Crippen molar-refractivity contribution in [2.75, 3.05) is 5.32 Å². The molecule has 0 amide bonds. The number of anilines is 2. The number of aromatic nitrogens is 3. The third kappa shape index (κ3) is 3.32. The molecule has 0 spiro atoms. The fraction of sp³-hybridized carbons (Fsp3) is 0.0417. The molecule has 6 rings (SSSR count). The number of phenols is 1. The van der Waals surface area contributed by atoms with Gasteiger partial charge >= 0.3 is 0 Å². The first kappa shape index (κ1) is 20.2. The Kier molecular flexibility index (Phi) is 4.92. The molecule has 0 radical (unpaired) electrons. The summed E-state index contributed by atoms with van der Waals surface area (Å²) >= 11 is 1.55. The Bertz CT molecular complexity index is 1580. The minimum absolute atomic E-state index is 0. The molecule has 32 heavy (non-hydrogen) atoms. The maximum Gasteiger partial charge on any atom is 0.196 e. The van der Waals surface area contributed by atoms with Crippen molar-refractivity contribution in [1.29, 1.82) is 0 Å². The molecule has 0 saturated carbocycles. The van der Waals surface area contributed by atoms with Crippen LogP contribution in [0.1, 0.15) is 5.82 Å². The summed E-state index contributed by atoms with van der Waals surface area (Å²) in [6.45, 7) is 1.85. The lowest BCUT2D eigenvalue weighted by Crippen LogP contribution is -1.98. The second-order valence-corrected chi connectivity index (χ2v) is 8.27. The number of thiazole rings is 1. The van der Waals surface area contributed by atoms with Crippen LogP contribution in [0.15, 0.2) is 71.1 Å². The molecule has 0 aliphatic carbocycles. The van der Waals surface area contributed by atoms with E-state index in [0.717, 1.165) is 31.7 Å². The van der Waals surface area contributed by atoms with E-state index in [1.165, 1.54) is 0 Å². The zero-order chi connectivity index (χ0) is 20.9. The Hall–Kier alpha value is -3.68. The first-order chi connectivity index (χ1) is 15.2. The van der Waals surface area contributed by atoms with Crippen molar-refractivity contribution in [1.82, 2.24) is 15.0 Å². The lowest BCUT2D eigenvalue weighted by molar-refractivity contribution is 0.477. The quantitative estimate of drug-likeness (QED) is 0.301. The first-order valence-electron chi connectivity index (χ1n) is 9.77. The van der Waals surface area contributed by atoms with Gasteiger partial charge in [-0.1, -0.05) is 24.3 Å². The molecule has 0 bridgehead atoms. The molecule has 3 aromatic heterocycles. The molecule has 3 aromatic carbocycles. The number of furan rings is 1. The fourth-order valence-electron chi connectivity index (χ4n) is 3.70. The van der Waals surface area contributed by atoms with E-state index in [2.05, 4.69) is 20.3 Å². The Morgan fingerprint density at radius 2 is 1.75 bits per heavy atom. The maximum absolute atomic E-state index is 10.7. The summed E-state index contributed by atoms with van der Waals surface area (Å²) in [6.07, 6.45) is 0. The van der Waals surface area contributed by atoms with Crippen molar-refractivity contribution in [3.63, 3.8) is 0 Å². The smallest absolute Gasteiger partial charge is 0.196 e. The largest absolute Gasteiger partial charge is 0.507 e. The highest BCUT2D eigenvalue weighted by atomic mass is 35.5. The average Bonchev–Trinajstić information content (AvgIpc) is 3.35. The summed E-state index contributed by atoms with van der Waals surface area (Å²) in [7, 11) is 0. The molecule has 0 unspecified atom stereocenters. The standard InChI is InChI=1S/C24H16N4O2S.ClH/c1-13-25-21-16-6-2-4-8-19(16)30-22(21)23(26-13)27-14-10-11-15(18(29)12-14)24-28-17-7-3-5-9-20(17)31-24;/h2-12,29H,1H3,(H,25,26,27);1H. The molecule has 0 fully saturated rings. The van der Waals surface area contributed by atoms with E-state index in [0.29, 0.717) is 28.5 Å². The predicted octanol–water partition coefficient (Wildman–Crippen LogP) is 6.83. The van der Waals surface area contributed by atoms with E-state index in [1.54, 1.807) is 17.4 Å². The second-order valence-electron chi connectivity index (χ2n) is 7.24. The summed E-state index contributed by atoms with van der Waals surface area (Å²) < 4.78 is 7.10. The summed E-state index contributed by atoms with van der Waals surface area (Å²) in [6, 6.07) is 21.2. The van der Waals surface area contributed by atoms with Gasteiger partial charge in [-0.2, -0.15) is 0 Å². The molecule has 6 aromatic rings. The van der Waals surface area contributed by atoms with E-state index in [-0.39, 0.29) is 18.2 Å². The molecule has 0 aliphatic heterocycles. The van der Waals surface area contributed by atoms with Gasteiger partial charge in [0.25, 0.3) is 0 Å². The lowest BCUT2D eigenvalue weighted by Gasteiger charge is -2.09. The SMILES string of the molecule is Cc1nc(Nc2ccc(-c3nc4ccccc4s3)c(O)c2)c2oc3ccccc3c2n1.Cl.